The summed E-state index contributed by atoms with van der Waals surface area (Å²) in [6, 6.07) is 13.2. The molecule has 0 radical (unpaired) electrons. The number of benzene rings is 2. The second-order valence-corrected chi connectivity index (χ2v) is 10.2. The van der Waals surface area contributed by atoms with Crippen LogP contribution in [0.15, 0.2) is 58.3 Å². The summed E-state index contributed by atoms with van der Waals surface area (Å²) >= 11 is 0. The Morgan fingerprint density at radius 1 is 1.00 bits per heavy atom. The quantitative estimate of drug-likeness (QED) is 0.777. The standard InChI is InChI=1S/C18H22N2O4S2/c1-2-25(21,22)15-7-9-16(10-8-15)26(23,24)20-13-18-17-6-4-3-5-14(17)11-12-19-18/h3-10,18-20H,2,11-13H2,1H3. The maximum Gasteiger partial charge on any atom is 0.240 e. The minimum Gasteiger partial charge on any atom is -0.308 e. The molecule has 1 aliphatic heterocycles. The molecule has 6 nitrogen and oxygen atoms in total. The van der Waals surface area contributed by atoms with Gasteiger partial charge in [0.05, 0.1) is 15.5 Å². The molecule has 26 heavy (non-hydrogen) atoms. The molecular formula is C18H22N2O4S2. The van der Waals surface area contributed by atoms with Crippen molar-refractivity contribution < 1.29 is 16.8 Å². The van der Waals surface area contributed by atoms with Gasteiger partial charge >= 0.3 is 0 Å². The fraction of sp³-hybridized carbons (Fsp3) is 0.333. The maximum absolute atomic E-state index is 12.5. The van der Waals surface area contributed by atoms with Crippen molar-refractivity contribution in [2.45, 2.75) is 29.2 Å². The van der Waals surface area contributed by atoms with Crippen molar-refractivity contribution >= 4 is 19.9 Å². The summed E-state index contributed by atoms with van der Waals surface area (Å²) in [5.41, 5.74) is 2.33. The summed E-state index contributed by atoms with van der Waals surface area (Å²) in [7, 11) is -7.06. The summed E-state index contributed by atoms with van der Waals surface area (Å²) in [5, 5.41) is 3.33. The van der Waals surface area contributed by atoms with Gasteiger partial charge in [-0.25, -0.2) is 21.6 Å². The Hall–Kier alpha value is -1.74. The van der Waals surface area contributed by atoms with Crippen molar-refractivity contribution in [2.24, 2.45) is 0 Å². The highest BCUT2D eigenvalue weighted by Crippen LogP contribution is 2.22. The summed E-state index contributed by atoms with van der Waals surface area (Å²) < 4.78 is 51.4. The van der Waals surface area contributed by atoms with Crippen LogP contribution in [-0.2, 0) is 26.3 Å². The predicted octanol–water partition coefficient (Wildman–Crippen LogP) is 1.65. The van der Waals surface area contributed by atoms with E-state index in [1.54, 1.807) is 6.92 Å². The fourth-order valence-corrected chi connectivity index (χ4v) is 4.98. The minimum absolute atomic E-state index is 0.0237. The molecule has 0 aromatic heterocycles. The average molecular weight is 395 g/mol. The van der Waals surface area contributed by atoms with E-state index in [4.69, 9.17) is 0 Å². The molecule has 2 N–H and O–H groups in total. The minimum atomic E-state index is -3.72. The lowest BCUT2D eigenvalue weighted by Crippen LogP contribution is -2.38. The molecule has 1 unspecified atom stereocenters. The molecule has 0 spiro atoms. The zero-order valence-electron chi connectivity index (χ0n) is 14.5. The highest BCUT2D eigenvalue weighted by atomic mass is 32.2. The molecule has 0 aliphatic carbocycles. The normalized spacial score (nSPS) is 17.7. The second-order valence-electron chi connectivity index (χ2n) is 6.18. The molecule has 0 bridgehead atoms. The van der Waals surface area contributed by atoms with Crippen LogP contribution < -0.4 is 10.0 Å². The average Bonchev–Trinajstić information content (AvgIpc) is 2.66. The summed E-state index contributed by atoms with van der Waals surface area (Å²) in [6.07, 6.45) is 0.923. The van der Waals surface area contributed by atoms with E-state index < -0.39 is 19.9 Å². The lowest BCUT2D eigenvalue weighted by Gasteiger charge is -2.27. The Labute approximate surface area is 154 Å². The van der Waals surface area contributed by atoms with E-state index in [0.29, 0.717) is 0 Å². The smallest absolute Gasteiger partial charge is 0.240 e. The Bertz CT molecular complexity index is 984. The molecule has 0 saturated carbocycles. The molecule has 1 atom stereocenters. The van der Waals surface area contributed by atoms with Gasteiger partial charge in [-0.15, -0.1) is 0 Å². The van der Waals surface area contributed by atoms with E-state index in [1.165, 1.54) is 29.8 Å². The third-order valence-electron chi connectivity index (χ3n) is 4.57. The van der Waals surface area contributed by atoms with Crippen molar-refractivity contribution in [3.05, 3.63) is 59.7 Å². The molecule has 1 heterocycles. The van der Waals surface area contributed by atoms with E-state index in [-0.39, 0.29) is 28.1 Å². The molecular weight excluding hydrogens is 372 g/mol. The zero-order chi connectivity index (χ0) is 18.8. The van der Waals surface area contributed by atoms with Gasteiger partial charge in [-0.05, 0) is 48.4 Å². The van der Waals surface area contributed by atoms with Gasteiger partial charge in [0, 0.05) is 12.6 Å². The first-order valence-corrected chi connectivity index (χ1v) is 11.6. The van der Waals surface area contributed by atoms with Crippen LogP contribution >= 0.6 is 0 Å². The van der Waals surface area contributed by atoms with Gasteiger partial charge in [0.25, 0.3) is 0 Å². The van der Waals surface area contributed by atoms with Crippen molar-refractivity contribution in [1.82, 2.24) is 10.0 Å². The van der Waals surface area contributed by atoms with Crippen LogP contribution in [0, 0.1) is 0 Å². The van der Waals surface area contributed by atoms with Gasteiger partial charge in [-0.3, -0.25) is 0 Å². The Morgan fingerprint density at radius 2 is 1.65 bits per heavy atom. The third-order valence-corrected chi connectivity index (χ3v) is 7.76. The van der Waals surface area contributed by atoms with Crippen LogP contribution in [0.1, 0.15) is 24.1 Å². The fourth-order valence-electron chi connectivity index (χ4n) is 3.04. The number of sulfone groups is 1. The largest absolute Gasteiger partial charge is 0.308 e. The van der Waals surface area contributed by atoms with Crippen molar-refractivity contribution in [2.75, 3.05) is 18.8 Å². The molecule has 1 aliphatic rings. The van der Waals surface area contributed by atoms with Crippen LogP contribution in [-0.4, -0.2) is 35.7 Å². The third kappa shape index (κ3) is 3.98. The molecule has 3 rings (SSSR count). The van der Waals surface area contributed by atoms with Crippen molar-refractivity contribution in [3.63, 3.8) is 0 Å². The Kier molecular flexibility index (Phi) is 5.47. The van der Waals surface area contributed by atoms with E-state index in [2.05, 4.69) is 16.1 Å². The van der Waals surface area contributed by atoms with E-state index in [1.807, 2.05) is 18.2 Å². The van der Waals surface area contributed by atoms with E-state index in [0.717, 1.165) is 18.5 Å². The summed E-state index contributed by atoms with van der Waals surface area (Å²) in [4.78, 5) is 0.179. The zero-order valence-corrected chi connectivity index (χ0v) is 16.1. The number of hydrogen-bond donors (Lipinski definition) is 2. The van der Waals surface area contributed by atoms with Crippen molar-refractivity contribution in [1.29, 1.82) is 0 Å². The maximum atomic E-state index is 12.5. The Balaban J connectivity index is 1.74. The molecule has 0 fully saturated rings. The topological polar surface area (TPSA) is 92.3 Å². The van der Waals surface area contributed by atoms with Crippen LogP contribution in [0.25, 0.3) is 0 Å². The van der Waals surface area contributed by atoms with Gasteiger partial charge in [-0.2, -0.15) is 0 Å². The van der Waals surface area contributed by atoms with E-state index >= 15 is 0 Å². The monoisotopic (exact) mass is 394 g/mol. The number of sulfonamides is 1. The summed E-state index contributed by atoms with van der Waals surface area (Å²) in [5.74, 6) is -0.0237. The van der Waals surface area contributed by atoms with Gasteiger partial charge in [0.1, 0.15) is 0 Å². The lowest BCUT2D eigenvalue weighted by molar-refractivity contribution is 0.491. The highest BCUT2D eigenvalue weighted by Gasteiger charge is 2.22. The first-order chi connectivity index (χ1) is 12.3. The van der Waals surface area contributed by atoms with Gasteiger partial charge in [0.15, 0.2) is 9.84 Å². The highest BCUT2D eigenvalue weighted by molar-refractivity contribution is 7.91. The van der Waals surface area contributed by atoms with Gasteiger partial charge in [-0.1, -0.05) is 31.2 Å². The summed E-state index contributed by atoms with van der Waals surface area (Å²) in [6.45, 7) is 2.58. The van der Waals surface area contributed by atoms with Crippen LogP contribution in [0.5, 0.6) is 0 Å². The van der Waals surface area contributed by atoms with Crippen LogP contribution in [0.2, 0.25) is 0 Å². The first-order valence-electron chi connectivity index (χ1n) is 8.47. The van der Waals surface area contributed by atoms with Gasteiger partial charge < -0.3 is 5.32 Å². The van der Waals surface area contributed by atoms with Gasteiger partial charge in [0.2, 0.25) is 10.0 Å². The number of fused-ring (bicyclic) bond motifs is 1. The Morgan fingerprint density at radius 3 is 2.35 bits per heavy atom. The van der Waals surface area contributed by atoms with Crippen LogP contribution in [0.3, 0.4) is 0 Å². The number of hydrogen-bond acceptors (Lipinski definition) is 5. The number of rotatable bonds is 6. The molecule has 2 aromatic carbocycles. The molecule has 8 heteroatoms. The molecule has 0 saturated heterocycles. The predicted molar refractivity (Wildman–Crippen MR) is 100 cm³/mol. The number of nitrogens with one attached hydrogen (secondary N) is 2. The van der Waals surface area contributed by atoms with E-state index in [9.17, 15) is 16.8 Å². The second kappa shape index (κ2) is 7.48. The van der Waals surface area contributed by atoms with Crippen molar-refractivity contribution in [3.8, 4) is 0 Å². The lowest BCUT2D eigenvalue weighted by atomic mass is 9.95. The van der Waals surface area contributed by atoms with Crippen LogP contribution in [0.4, 0.5) is 0 Å². The molecule has 2 aromatic rings. The molecule has 140 valence electrons. The SMILES string of the molecule is CCS(=O)(=O)c1ccc(S(=O)(=O)NCC2NCCc3ccccc32)cc1. The first kappa shape index (κ1) is 19.0. The molecule has 0 amide bonds.